The third-order valence-corrected chi connectivity index (χ3v) is 2.90. The molecule has 102 valence electrons. The second-order valence-electron chi connectivity index (χ2n) is 4.22. The Morgan fingerprint density at radius 3 is 2.72 bits per heavy atom. The van der Waals surface area contributed by atoms with E-state index < -0.39 is 5.91 Å². The van der Waals surface area contributed by atoms with Crippen LogP contribution >= 0.6 is 0 Å². The summed E-state index contributed by atoms with van der Waals surface area (Å²) >= 11 is 0. The number of rotatable bonds is 7. The van der Waals surface area contributed by atoms with Crippen LogP contribution in [0.4, 0.5) is 0 Å². The maximum Gasteiger partial charge on any atom is 0.271 e. The van der Waals surface area contributed by atoms with Gasteiger partial charge >= 0.3 is 0 Å². The van der Waals surface area contributed by atoms with Crippen molar-refractivity contribution in [1.82, 2.24) is 15.0 Å². The highest BCUT2D eigenvalue weighted by molar-refractivity contribution is 5.91. The van der Waals surface area contributed by atoms with E-state index in [1.54, 1.807) is 18.7 Å². The van der Waals surface area contributed by atoms with Gasteiger partial charge in [-0.3, -0.25) is 4.79 Å². The van der Waals surface area contributed by atoms with E-state index in [0.29, 0.717) is 12.1 Å². The van der Waals surface area contributed by atoms with E-state index in [2.05, 4.69) is 10.3 Å². The predicted molar refractivity (Wildman–Crippen MR) is 65.0 cm³/mol. The van der Waals surface area contributed by atoms with Crippen LogP contribution in [0.5, 0.6) is 0 Å². The molecule has 1 aromatic rings. The molecule has 7 heteroatoms. The molecule has 1 heterocycles. The minimum absolute atomic E-state index is 0.0188. The smallest absolute Gasteiger partial charge is 0.271 e. The summed E-state index contributed by atoms with van der Waals surface area (Å²) in [4.78, 5) is 11.3. The van der Waals surface area contributed by atoms with Gasteiger partial charge in [0.25, 0.3) is 5.91 Å². The highest BCUT2D eigenvalue weighted by Gasteiger charge is 2.24. The lowest BCUT2D eigenvalue weighted by Crippen LogP contribution is -2.19. The molecule has 1 aromatic heterocycles. The van der Waals surface area contributed by atoms with Gasteiger partial charge in [-0.15, -0.1) is 5.10 Å². The largest absolute Gasteiger partial charge is 0.396 e. The van der Waals surface area contributed by atoms with Crippen molar-refractivity contribution in [2.24, 2.45) is 5.73 Å². The molecule has 7 nitrogen and oxygen atoms in total. The van der Waals surface area contributed by atoms with Gasteiger partial charge < -0.3 is 15.6 Å². The number of carbonyl (C=O) groups excluding carboxylic acids is 1. The van der Waals surface area contributed by atoms with Crippen molar-refractivity contribution in [2.75, 3.05) is 13.7 Å². The Morgan fingerprint density at radius 2 is 2.22 bits per heavy atom. The summed E-state index contributed by atoms with van der Waals surface area (Å²) < 4.78 is 6.87. The fraction of sp³-hybridized carbons (Fsp3) is 0.727. The van der Waals surface area contributed by atoms with Crippen molar-refractivity contribution in [3.05, 3.63) is 11.4 Å². The van der Waals surface area contributed by atoms with Gasteiger partial charge in [0, 0.05) is 13.7 Å². The van der Waals surface area contributed by atoms with Crippen molar-refractivity contribution >= 4 is 5.91 Å². The number of amides is 1. The Morgan fingerprint density at radius 1 is 1.56 bits per heavy atom. The van der Waals surface area contributed by atoms with Gasteiger partial charge in [0.15, 0.2) is 5.69 Å². The van der Waals surface area contributed by atoms with E-state index in [0.717, 1.165) is 6.42 Å². The SMILES string of the molecule is COC(C)c1c(C(N)=O)nnn1C(C)CCCO. The van der Waals surface area contributed by atoms with Crippen LogP contribution in [0.15, 0.2) is 0 Å². The number of ether oxygens (including phenoxy) is 1. The Kier molecular flexibility index (Phi) is 5.24. The number of methoxy groups -OCH3 is 1. The van der Waals surface area contributed by atoms with E-state index >= 15 is 0 Å². The monoisotopic (exact) mass is 256 g/mol. The summed E-state index contributed by atoms with van der Waals surface area (Å²) in [5.41, 5.74) is 5.99. The number of hydrogen-bond donors (Lipinski definition) is 2. The number of aliphatic hydroxyl groups is 1. The van der Waals surface area contributed by atoms with Gasteiger partial charge in [0.1, 0.15) is 5.69 Å². The number of aliphatic hydroxyl groups excluding tert-OH is 1. The van der Waals surface area contributed by atoms with Gasteiger partial charge in [-0.2, -0.15) is 0 Å². The lowest BCUT2D eigenvalue weighted by Gasteiger charge is -2.17. The number of aromatic nitrogens is 3. The lowest BCUT2D eigenvalue weighted by molar-refractivity contribution is 0.0956. The summed E-state index contributed by atoms with van der Waals surface area (Å²) in [5, 5.41) is 16.6. The van der Waals surface area contributed by atoms with Crippen molar-refractivity contribution < 1.29 is 14.6 Å². The number of primary amides is 1. The van der Waals surface area contributed by atoms with Crippen LogP contribution in [0.2, 0.25) is 0 Å². The van der Waals surface area contributed by atoms with Gasteiger partial charge in [0.05, 0.1) is 12.1 Å². The summed E-state index contributed by atoms with van der Waals surface area (Å²) in [6.45, 7) is 3.87. The Labute approximate surface area is 106 Å². The zero-order valence-corrected chi connectivity index (χ0v) is 11.0. The number of hydrogen-bond acceptors (Lipinski definition) is 5. The minimum atomic E-state index is -0.616. The highest BCUT2D eigenvalue weighted by Crippen LogP contribution is 2.23. The van der Waals surface area contributed by atoms with Crippen molar-refractivity contribution in [1.29, 1.82) is 0 Å². The van der Waals surface area contributed by atoms with E-state index in [4.69, 9.17) is 15.6 Å². The molecule has 0 saturated heterocycles. The Balaban J connectivity index is 3.07. The van der Waals surface area contributed by atoms with Gasteiger partial charge in [-0.1, -0.05) is 5.21 Å². The van der Waals surface area contributed by atoms with Gasteiger partial charge in [-0.05, 0) is 26.7 Å². The molecular formula is C11H20N4O3. The van der Waals surface area contributed by atoms with Crippen LogP contribution in [0, 0.1) is 0 Å². The third kappa shape index (κ3) is 3.05. The summed E-state index contributed by atoms with van der Waals surface area (Å²) in [6.07, 6.45) is 1.08. The fourth-order valence-corrected chi connectivity index (χ4v) is 1.80. The van der Waals surface area contributed by atoms with Crippen LogP contribution in [0.3, 0.4) is 0 Å². The molecular weight excluding hydrogens is 236 g/mol. The van der Waals surface area contributed by atoms with E-state index in [9.17, 15) is 4.79 Å². The first-order valence-electron chi connectivity index (χ1n) is 5.91. The summed E-state index contributed by atoms with van der Waals surface area (Å²) in [6, 6.07) is 0.0188. The first-order valence-corrected chi connectivity index (χ1v) is 5.91. The van der Waals surface area contributed by atoms with Crippen LogP contribution < -0.4 is 5.73 Å². The standard InChI is InChI=1S/C11H20N4O3/c1-7(5-4-6-16)15-10(8(2)18-3)9(11(12)17)13-14-15/h7-8,16H,4-6H2,1-3H3,(H2,12,17). The number of nitrogens with zero attached hydrogens (tertiary/aromatic N) is 3. The van der Waals surface area contributed by atoms with Crippen molar-refractivity contribution in [3.8, 4) is 0 Å². The first-order chi connectivity index (χ1) is 8.52. The average molecular weight is 256 g/mol. The normalized spacial score (nSPS) is 14.4. The quantitative estimate of drug-likeness (QED) is 0.735. The molecule has 0 aromatic carbocycles. The number of nitrogens with two attached hydrogens (primary N) is 1. The van der Waals surface area contributed by atoms with Crippen LogP contribution in [-0.4, -0.2) is 39.7 Å². The number of carbonyl (C=O) groups is 1. The summed E-state index contributed by atoms with van der Waals surface area (Å²) in [7, 11) is 1.55. The molecule has 0 aliphatic carbocycles. The third-order valence-electron chi connectivity index (χ3n) is 2.90. The van der Waals surface area contributed by atoms with Gasteiger partial charge in [-0.25, -0.2) is 4.68 Å². The molecule has 0 fully saturated rings. The minimum Gasteiger partial charge on any atom is -0.396 e. The molecule has 0 saturated carbocycles. The van der Waals surface area contributed by atoms with Crippen LogP contribution in [0.25, 0.3) is 0 Å². The lowest BCUT2D eigenvalue weighted by atomic mass is 10.1. The molecule has 18 heavy (non-hydrogen) atoms. The molecule has 0 radical (unpaired) electrons. The van der Waals surface area contributed by atoms with Crippen molar-refractivity contribution in [2.45, 2.75) is 38.8 Å². The Hall–Kier alpha value is -1.47. The van der Waals surface area contributed by atoms with E-state index in [-0.39, 0.29) is 24.4 Å². The predicted octanol–water partition coefficient (Wildman–Crippen LogP) is 0.418. The van der Waals surface area contributed by atoms with Crippen LogP contribution in [0.1, 0.15) is 55.0 Å². The molecule has 1 amide bonds. The molecule has 0 aliphatic rings. The molecule has 2 atom stereocenters. The van der Waals surface area contributed by atoms with E-state index in [1.165, 1.54) is 0 Å². The maximum absolute atomic E-state index is 11.3. The maximum atomic E-state index is 11.3. The second kappa shape index (κ2) is 6.46. The summed E-state index contributed by atoms with van der Waals surface area (Å²) in [5.74, 6) is -0.616. The topological polar surface area (TPSA) is 103 Å². The first kappa shape index (κ1) is 14.6. The molecule has 2 unspecified atom stereocenters. The zero-order chi connectivity index (χ0) is 13.7. The van der Waals surface area contributed by atoms with Gasteiger partial charge in [0.2, 0.25) is 0 Å². The van der Waals surface area contributed by atoms with E-state index in [1.807, 2.05) is 6.92 Å². The Bertz CT molecular complexity index is 405. The highest BCUT2D eigenvalue weighted by atomic mass is 16.5. The average Bonchev–Trinajstić information content (AvgIpc) is 2.79. The van der Waals surface area contributed by atoms with Crippen LogP contribution in [-0.2, 0) is 4.74 Å². The molecule has 3 N–H and O–H groups in total. The molecule has 0 bridgehead atoms. The second-order valence-corrected chi connectivity index (χ2v) is 4.22. The fourth-order valence-electron chi connectivity index (χ4n) is 1.80. The molecule has 1 rings (SSSR count). The van der Waals surface area contributed by atoms with Crippen molar-refractivity contribution in [3.63, 3.8) is 0 Å². The molecule has 0 aliphatic heterocycles. The molecule has 0 spiro atoms. The zero-order valence-electron chi connectivity index (χ0n) is 11.0.